The molecule has 2 rings (SSSR count). The zero-order valence-electron chi connectivity index (χ0n) is 10.8. The van der Waals surface area contributed by atoms with Crippen molar-refractivity contribution in [2.75, 3.05) is 6.54 Å². The van der Waals surface area contributed by atoms with Gasteiger partial charge in [-0.2, -0.15) is 0 Å². The highest BCUT2D eigenvalue weighted by Crippen LogP contribution is 2.34. The van der Waals surface area contributed by atoms with E-state index in [-0.39, 0.29) is 0 Å². The van der Waals surface area contributed by atoms with Crippen LogP contribution < -0.4 is 0 Å². The lowest BCUT2D eigenvalue weighted by Gasteiger charge is -2.34. The molecule has 1 aliphatic heterocycles. The average Bonchev–Trinajstić information content (AvgIpc) is 2.78. The van der Waals surface area contributed by atoms with Gasteiger partial charge in [-0.1, -0.05) is 13.0 Å². The SMILES string of the molecule is CCC1(C(=O)O)CCCN1Cc1ccc(Br)c(Br)c1. The van der Waals surface area contributed by atoms with Crippen molar-refractivity contribution in [1.29, 1.82) is 0 Å². The van der Waals surface area contributed by atoms with Gasteiger partial charge < -0.3 is 5.11 Å². The number of halogens is 2. The van der Waals surface area contributed by atoms with Gasteiger partial charge in [-0.05, 0) is 75.4 Å². The summed E-state index contributed by atoms with van der Waals surface area (Å²) in [6, 6.07) is 6.07. The van der Waals surface area contributed by atoms with Crippen molar-refractivity contribution >= 4 is 37.8 Å². The lowest BCUT2D eigenvalue weighted by molar-refractivity contribution is -0.150. The number of hydrogen-bond acceptors (Lipinski definition) is 2. The largest absolute Gasteiger partial charge is 0.480 e. The highest BCUT2D eigenvalue weighted by Gasteiger charge is 2.45. The molecule has 0 radical (unpaired) electrons. The Morgan fingerprint density at radius 3 is 2.74 bits per heavy atom. The molecule has 1 aromatic rings. The number of aliphatic carboxylic acids is 1. The highest BCUT2D eigenvalue weighted by atomic mass is 79.9. The lowest BCUT2D eigenvalue weighted by atomic mass is 9.92. The van der Waals surface area contributed by atoms with E-state index in [2.05, 4.69) is 36.8 Å². The molecule has 0 saturated carbocycles. The van der Waals surface area contributed by atoms with Crippen LogP contribution in [0.2, 0.25) is 0 Å². The fraction of sp³-hybridized carbons (Fsp3) is 0.500. The van der Waals surface area contributed by atoms with Gasteiger partial charge in [0.25, 0.3) is 0 Å². The van der Waals surface area contributed by atoms with E-state index in [1.54, 1.807) is 0 Å². The van der Waals surface area contributed by atoms with Crippen LogP contribution in [0.25, 0.3) is 0 Å². The third-order valence-corrected chi connectivity index (χ3v) is 5.84. The molecule has 1 heterocycles. The second kappa shape index (κ2) is 5.94. The predicted molar refractivity (Wildman–Crippen MR) is 82.1 cm³/mol. The first-order chi connectivity index (χ1) is 8.99. The van der Waals surface area contributed by atoms with E-state index in [0.717, 1.165) is 33.9 Å². The average molecular weight is 391 g/mol. The monoisotopic (exact) mass is 389 g/mol. The molecule has 5 heteroatoms. The molecular formula is C14H17Br2NO2. The second-order valence-corrected chi connectivity index (χ2v) is 6.67. The minimum Gasteiger partial charge on any atom is -0.480 e. The van der Waals surface area contributed by atoms with Crippen molar-refractivity contribution in [2.45, 2.75) is 38.3 Å². The first-order valence-electron chi connectivity index (χ1n) is 6.42. The molecule has 0 spiro atoms. The van der Waals surface area contributed by atoms with E-state index in [0.29, 0.717) is 13.0 Å². The van der Waals surface area contributed by atoms with Crippen molar-refractivity contribution in [1.82, 2.24) is 4.90 Å². The minimum atomic E-state index is -0.691. The summed E-state index contributed by atoms with van der Waals surface area (Å²) in [5.41, 5.74) is 0.454. The summed E-state index contributed by atoms with van der Waals surface area (Å²) in [5.74, 6) is -0.691. The van der Waals surface area contributed by atoms with Crippen LogP contribution in [0.1, 0.15) is 31.7 Å². The summed E-state index contributed by atoms with van der Waals surface area (Å²) in [5, 5.41) is 9.55. The second-order valence-electron chi connectivity index (χ2n) is 4.96. The topological polar surface area (TPSA) is 40.5 Å². The standard InChI is InChI=1S/C14H17Br2NO2/c1-2-14(13(18)19)6-3-7-17(14)9-10-4-5-11(15)12(16)8-10/h4-5,8H,2-3,6-7,9H2,1H3,(H,18,19). The Labute approximate surface area is 130 Å². The number of carbonyl (C=O) groups is 1. The van der Waals surface area contributed by atoms with E-state index in [1.807, 2.05) is 25.1 Å². The van der Waals surface area contributed by atoms with Crippen LogP contribution in [-0.2, 0) is 11.3 Å². The van der Waals surface area contributed by atoms with Crippen molar-refractivity contribution in [3.8, 4) is 0 Å². The van der Waals surface area contributed by atoms with Gasteiger partial charge in [0.1, 0.15) is 5.54 Å². The maximum atomic E-state index is 11.6. The number of likely N-dealkylation sites (tertiary alicyclic amines) is 1. The Kier molecular flexibility index (Phi) is 4.69. The van der Waals surface area contributed by atoms with Gasteiger partial charge in [0.15, 0.2) is 0 Å². The zero-order chi connectivity index (χ0) is 14.0. The number of rotatable bonds is 4. The number of benzene rings is 1. The molecule has 104 valence electrons. The summed E-state index contributed by atoms with van der Waals surface area (Å²) in [6.45, 7) is 3.50. The smallest absolute Gasteiger partial charge is 0.324 e. The molecule has 3 nitrogen and oxygen atoms in total. The van der Waals surface area contributed by atoms with Crippen LogP contribution in [0.15, 0.2) is 27.1 Å². The fourth-order valence-electron chi connectivity index (χ4n) is 2.82. The van der Waals surface area contributed by atoms with Crippen molar-refractivity contribution in [3.05, 3.63) is 32.7 Å². The fourth-order valence-corrected chi connectivity index (χ4v) is 3.49. The molecule has 0 amide bonds. The van der Waals surface area contributed by atoms with Gasteiger partial charge in [0, 0.05) is 15.5 Å². The summed E-state index contributed by atoms with van der Waals surface area (Å²) >= 11 is 6.94. The van der Waals surface area contributed by atoms with E-state index in [9.17, 15) is 9.90 Å². The maximum Gasteiger partial charge on any atom is 0.324 e. The summed E-state index contributed by atoms with van der Waals surface area (Å²) in [6.07, 6.45) is 2.36. The molecule has 1 unspecified atom stereocenters. The van der Waals surface area contributed by atoms with Gasteiger partial charge >= 0.3 is 5.97 Å². The molecule has 0 aliphatic carbocycles. The first-order valence-corrected chi connectivity index (χ1v) is 8.00. The summed E-state index contributed by atoms with van der Waals surface area (Å²) < 4.78 is 2.01. The van der Waals surface area contributed by atoms with Crippen LogP contribution >= 0.6 is 31.9 Å². The number of carboxylic acids is 1. The Balaban J connectivity index is 2.21. The summed E-state index contributed by atoms with van der Waals surface area (Å²) in [4.78, 5) is 13.7. The van der Waals surface area contributed by atoms with Crippen molar-refractivity contribution < 1.29 is 9.90 Å². The molecule has 1 aromatic carbocycles. The lowest BCUT2D eigenvalue weighted by Crippen LogP contribution is -2.49. The molecule has 1 aliphatic rings. The Hall–Kier alpha value is -0.390. The van der Waals surface area contributed by atoms with Gasteiger partial charge in [-0.3, -0.25) is 9.69 Å². The normalized spacial score (nSPS) is 23.7. The third-order valence-electron chi connectivity index (χ3n) is 3.96. The van der Waals surface area contributed by atoms with Crippen molar-refractivity contribution in [3.63, 3.8) is 0 Å². The van der Waals surface area contributed by atoms with Crippen LogP contribution in [-0.4, -0.2) is 28.1 Å². The van der Waals surface area contributed by atoms with Gasteiger partial charge in [0.05, 0.1) is 0 Å². The predicted octanol–water partition coefficient (Wildman–Crippen LogP) is 4.04. The zero-order valence-corrected chi connectivity index (χ0v) is 14.0. The van der Waals surface area contributed by atoms with E-state index in [1.165, 1.54) is 0 Å². The molecule has 1 fully saturated rings. The maximum absolute atomic E-state index is 11.6. The number of carboxylic acid groups (broad SMARTS) is 1. The highest BCUT2D eigenvalue weighted by molar-refractivity contribution is 9.13. The van der Waals surface area contributed by atoms with Crippen LogP contribution in [0.3, 0.4) is 0 Å². The summed E-state index contributed by atoms with van der Waals surface area (Å²) in [7, 11) is 0. The molecular weight excluding hydrogens is 374 g/mol. The molecule has 0 aromatic heterocycles. The van der Waals surface area contributed by atoms with Gasteiger partial charge in [-0.25, -0.2) is 0 Å². The molecule has 1 saturated heterocycles. The van der Waals surface area contributed by atoms with Crippen LogP contribution in [0, 0.1) is 0 Å². The number of hydrogen-bond donors (Lipinski definition) is 1. The Morgan fingerprint density at radius 1 is 1.42 bits per heavy atom. The van der Waals surface area contributed by atoms with Gasteiger partial charge in [0.2, 0.25) is 0 Å². The Bertz CT molecular complexity index is 492. The minimum absolute atomic E-state index is 0.653. The van der Waals surface area contributed by atoms with Gasteiger partial charge in [-0.15, -0.1) is 0 Å². The molecule has 1 atom stereocenters. The molecule has 1 N–H and O–H groups in total. The first kappa shape index (κ1) is 15.0. The quantitative estimate of drug-likeness (QED) is 0.843. The van der Waals surface area contributed by atoms with E-state index in [4.69, 9.17) is 0 Å². The molecule has 19 heavy (non-hydrogen) atoms. The molecule has 0 bridgehead atoms. The van der Waals surface area contributed by atoms with Crippen molar-refractivity contribution in [2.24, 2.45) is 0 Å². The third kappa shape index (κ3) is 2.88. The Morgan fingerprint density at radius 2 is 2.16 bits per heavy atom. The van der Waals surface area contributed by atoms with Crippen LogP contribution in [0.4, 0.5) is 0 Å². The number of nitrogens with zero attached hydrogens (tertiary/aromatic N) is 1. The van der Waals surface area contributed by atoms with E-state index < -0.39 is 11.5 Å². The van der Waals surface area contributed by atoms with E-state index >= 15 is 0 Å². The van der Waals surface area contributed by atoms with Crippen LogP contribution in [0.5, 0.6) is 0 Å².